The summed E-state index contributed by atoms with van der Waals surface area (Å²) in [4.78, 5) is 20.7. The number of hydrogen-bond donors (Lipinski definition) is 2. The largest absolute Gasteiger partial charge is 0.323 e. The lowest BCUT2D eigenvalue weighted by atomic mass is 10.1. The summed E-state index contributed by atoms with van der Waals surface area (Å²) in [6, 6.07) is 18.4. The number of fused-ring (bicyclic) bond motifs is 1. The summed E-state index contributed by atoms with van der Waals surface area (Å²) in [5.74, 6) is 0.655. The summed E-state index contributed by atoms with van der Waals surface area (Å²) < 4.78 is 1.87. The van der Waals surface area contributed by atoms with E-state index < -0.39 is 0 Å². The predicted molar refractivity (Wildman–Crippen MR) is 97.5 cm³/mol. The molecule has 2 amide bonds. The van der Waals surface area contributed by atoms with Crippen LogP contribution < -0.4 is 10.6 Å². The van der Waals surface area contributed by atoms with Crippen molar-refractivity contribution in [1.82, 2.24) is 14.4 Å². The molecule has 0 fully saturated rings. The van der Waals surface area contributed by atoms with Crippen molar-refractivity contribution in [3.63, 3.8) is 0 Å². The van der Waals surface area contributed by atoms with Crippen LogP contribution in [0.25, 0.3) is 17.0 Å². The Labute approximate surface area is 144 Å². The van der Waals surface area contributed by atoms with Gasteiger partial charge < -0.3 is 10.6 Å². The lowest BCUT2D eigenvalue weighted by molar-refractivity contribution is 0.262. The van der Waals surface area contributed by atoms with Gasteiger partial charge in [0.05, 0.1) is 5.69 Å². The third-order valence-corrected chi connectivity index (χ3v) is 3.71. The Morgan fingerprint density at radius 3 is 2.32 bits per heavy atom. The van der Waals surface area contributed by atoms with Gasteiger partial charge in [0.2, 0.25) is 5.78 Å². The van der Waals surface area contributed by atoms with Gasteiger partial charge in [0.1, 0.15) is 0 Å². The third-order valence-electron chi connectivity index (χ3n) is 3.71. The Kier molecular flexibility index (Phi) is 3.84. The van der Waals surface area contributed by atoms with Crippen LogP contribution in [0.5, 0.6) is 0 Å². The molecule has 0 radical (unpaired) electrons. The van der Waals surface area contributed by atoms with E-state index >= 15 is 0 Å². The summed E-state index contributed by atoms with van der Waals surface area (Å²) in [6.07, 6.45) is 5.54. The van der Waals surface area contributed by atoms with Crippen molar-refractivity contribution < 1.29 is 4.79 Å². The zero-order valence-corrected chi connectivity index (χ0v) is 13.3. The van der Waals surface area contributed by atoms with Gasteiger partial charge in [0.15, 0.2) is 0 Å². The first kappa shape index (κ1) is 14.9. The Balaban J connectivity index is 1.47. The number of imidazole rings is 1. The van der Waals surface area contributed by atoms with Crippen LogP contribution in [-0.2, 0) is 0 Å². The number of urea groups is 1. The first-order chi connectivity index (χ1) is 12.3. The molecule has 0 bridgehead atoms. The number of carbonyl (C=O) groups excluding carboxylic acids is 1. The van der Waals surface area contributed by atoms with Crippen LogP contribution in [0.15, 0.2) is 79.3 Å². The summed E-state index contributed by atoms with van der Waals surface area (Å²) >= 11 is 0. The van der Waals surface area contributed by atoms with Gasteiger partial charge in [-0.05, 0) is 30.3 Å². The first-order valence-electron chi connectivity index (χ1n) is 7.81. The number of anilines is 2. The third kappa shape index (κ3) is 3.32. The van der Waals surface area contributed by atoms with Crippen LogP contribution >= 0.6 is 0 Å². The lowest BCUT2D eigenvalue weighted by Crippen LogP contribution is -2.19. The molecular formula is C19H15N5O. The number of hydrogen-bond acceptors (Lipinski definition) is 3. The Bertz CT molecular complexity index is 976. The van der Waals surface area contributed by atoms with Crippen molar-refractivity contribution in [1.29, 1.82) is 0 Å². The summed E-state index contributed by atoms with van der Waals surface area (Å²) in [7, 11) is 0. The fourth-order valence-corrected chi connectivity index (χ4v) is 2.51. The lowest BCUT2D eigenvalue weighted by Gasteiger charge is -2.07. The molecule has 2 heterocycles. The van der Waals surface area contributed by atoms with Gasteiger partial charge in [0.25, 0.3) is 0 Å². The van der Waals surface area contributed by atoms with E-state index in [9.17, 15) is 4.79 Å². The van der Waals surface area contributed by atoms with Crippen molar-refractivity contribution in [3.05, 3.63) is 79.3 Å². The number of para-hydroxylation sites is 1. The topological polar surface area (TPSA) is 71.3 Å². The van der Waals surface area contributed by atoms with E-state index in [1.54, 1.807) is 6.20 Å². The van der Waals surface area contributed by atoms with Crippen molar-refractivity contribution in [2.75, 3.05) is 10.6 Å². The number of rotatable bonds is 3. The van der Waals surface area contributed by atoms with E-state index in [1.807, 2.05) is 77.5 Å². The van der Waals surface area contributed by atoms with E-state index in [2.05, 4.69) is 20.6 Å². The number of amides is 2. The van der Waals surface area contributed by atoms with Gasteiger partial charge in [-0.2, -0.15) is 0 Å². The molecule has 0 saturated heterocycles. The minimum absolute atomic E-state index is 0.282. The molecule has 0 spiro atoms. The molecule has 122 valence electrons. The smallest absolute Gasteiger partial charge is 0.308 e. The van der Waals surface area contributed by atoms with E-state index in [4.69, 9.17) is 0 Å². The van der Waals surface area contributed by atoms with E-state index in [0.29, 0.717) is 11.5 Å². The molecule has 6 nitrogen and oxygen atoms in total. The second-order valence-electron chi connectivity index (χ2n) is 5.48. The maximum atomic E-state index is 12.0. The average molecular weight is 329 g/mol. The van der Waals surface area contributed by atoms with E-state index in [1.165, 1.54) is 0 Å². The molecule has 0 aliphatic heterocycles. The second kappa shape index (κ2) is 6.45. The Morgan fingerprint density at radius 2 is 1.60 bits per heavy atom. The minimum atomic E-state index is -0.282. The van der Waals surface area contributed by atoms with Crippen LogP contribution in [0.3, 0.4) is 0 Å². The number of nitrogens with zero attached hydrogens (tertiary/aromatic N) is 3. The standard InChI is InChI=1S/C19H15N5O/c25-19(21-15-5-2-1-3-6-15)22-16-9-7-14(8-10-16)17-13-24-12-4-11-20-18(24)23-17/h1-13H,(H2,21,22,25). The highest BCUT2D eigenvalue weighted by Crippen LogP contribution is 2.21. The number of nitrogens with one attached hydrogen (secondary N) is 2. The summed E-state index contributed by atoms with van der Waals surface area (Å²) in [5.41, 5.74) is 3.24. The molecule has 4 rings (SSSR count). The molecule has 0 aliphatic carbocycles. The van der Waals surface area contributed by atoms with Gasteiger partial charge in [-0.3, -0.25) is 4.40 Å². The highest BCUT2D eigenvalue weighted by atomic mass is 16.2. The molecule has 2 aromatic carbocycles. The molecule has 4 aromatic rings. The monoisotopic (exact) mass is 329 g/mol. The van der Waals surface area contributed by atoms with Crippen LogP contribution in [0.4, 0.5) is 16.2 Å². The van der Waals surface area contributed by atoms with Gasteiger partial charge >= 0.3 is 6.03 Å². The van der Waals surface area contributed by atoms with Gasteiger partial charge in [-0.15, -0.1) is 0 Å². The molecule has 25 heavy (non-hydrogen) atoms. The molecule has 0 saturated carbocycles. The van der Waals surface area contributed by atoms with E-state index in [-0.39, 0.29) is 6.03 Å². The normalized spacial score (nSPS) is 10.6. The minimum Gasteiger partial charge on any atom is -0.308 e. The summed E-state index contributed by atoms with van der Waals surface area (Å²) in [6.45, 7) is 0. The molecule has 0 atom stereocenters. The van der Waals surface area contributed by atoms with Crippen LogP contribution in [0.2, 0.25) is 0 Å². The van der Waals surface area contributed by atoms with Crippen molar-refractivity contribution in [2.45, 2.75) is 0 Å². The Hall–Kier alpha value is -3.67. The molecule has 6 heteroatoms. The van der Waals surface area contributed by atoms with Crippen LogP contribution in [0.1, 0.15) is 0 Å². The highest BCUT2D eigenvalue weighted by Gasteiger charge is 2.06. The zero-order valence-electron chi connectivity index (χ0n) is 13.3. The molecular weight excluding hydrogens is 314 g/mol. The highest BCUT2D eigenvalue weighted by molar-refractivity contribution is 5.99. The van der Waals surface area contributed by atoms with Crippen molar-refractivity contribution in [2.24, 2.45) is 0 Å². The quantitative estimate of drug-likeness (QED) is 0.596. The summed E-state index contributed by atoms with van der Waals surface area (Å²) in [5, 5.41) is 5.59. The zero-order chi connectivity index (χ0) is 17.1. The van der Waals surface area contributed by atoms with Gasteiger partial charge in [-0.25, -0.2) is 14.8 Å². The Morgan fingerprint density at radius 1 is 0.880 bits per heavy atom. The molecule has 0 aliphatic rings. The fraction of sp³-hybridized carbons (Fsp3) is 0. The van der Waals surface area contributed by atoms with Crippen LogP contribution in [0, 0.1) is 0 Å². The van der Waals surface area contributed by atoms with Crippen LogP contribution in [-0.4, -0.2) is 20.4 Å². The first-order valence-corrected chi connectivity index (χ1v) is 7.81. The molecule has 2 N–H and O–H groups in total. The average Bonchev–Trinajstić information content (AvgIpc) is 3.07. The van der Waals surface area contributed by atoms with E-state index in [0.717, 1.165) is 16.9 Å². The fourth-order valence-electron chi connectivity index (χ4n) is 2.51. The second-order valence-corrected chi connectivity index (χ2v) is 5.48. The van der Waals surface area contributed by atoms with Crippen molar-refractivity contribution in [3.8, 4) is 11.3 Å². The SMILES string of the molecule is O=C(Nc1ccccc1)Nc1ccc(-c2cn3cccnc3n2)cc1. The molecule has 2 aromatic heterocycles. The number of carbonyl (C=O) groups is 1. The predicted octanol–water partition coefficient (Wildman–Crippen LogP) is 4.04. The maximum absolute atomic E-state index is 12.0. The van der Waals surface area contributed by atoms with Gasteiger partial charge in [-0.1, -0.05) is 30.3 Å². The number of benzene rings is 2. The van der Waals surface area contributed by atoms with Gasteiger partial charge in [0, 0.05) is 35.5 Å². The number of aromatic nitrogens is 3. The van der Waals surface area contributed by atoms with Crippen molar-refractivity contribution >= 4 is 23.2 Å². The maximum Gasteiger partial charge on any atom is 0.323 e. The molecule has 0 unspecified atom stereocenters.